The Morgan fingerprint density at radius 1 is 0.875 bits per heavy atom. The topological polar surface area (TPSA) is 108 Å². The van der Waals surface area contributed by atoms with Crippen LogP contribution in [0.2, 0.25) is 0 Å². The van der Waals surface area contributed by atoms with Crippen LogP contribution in [0.3, 0.4) is 0 Å². The lowest BCUT2D eigenvalue weighted by Crippen LogP contribution is -2.65. The second-order valence-electron chi connectivity index (χ2n) is 12.7. The van der Waals surface area contributed by atoms with Crippen LogP contribution in [0, 0.1) is 23.7 Å². The number of rotatable bonds is 2. The standard InChI is InChI=1S/C16H20N2O2.C10H17NO/c19-14(13-3-1-2-4-17-13)18-15-6-11-5-12(7-15)9-16(20,8-11)10-15;11-9-2-7-1-8(3-9)5-10(12,4-7)6-9/h1-4,11-12,20H,5-10H2,(H,18,19);7-8,12H,1-6,11H2. The summed E-state index contributed by atoms with van der Waals surface area (Å²) in [6.07, 6.45) is 14.1. The van der Waals surface area contributed by atoms with E-state index < -0.39 is 5.60 Å². The minimum atomic E-state index is -0.540. The summed E-state index contributed by atoms with van der Waals surface area (Å²) in [6.45, 7) is 0. The molecule has 9 rings (SSSR count). The van der Waals surface area contributed by atoms with Gasteiger partial charge in [-0.25, -0.2) is 0 Å². The predicted molar refractivity (Wildman–Crippen MR) is 121 cm³/mol. The molecule has 4 atom stereocenters. The summed E-state index contributed by atoms with van der Waals surface area (Å²) in [5, 5.41) is 24.1. The molecule has 1 aromatic rings. The third-order valence-corrected chi connectivity index (χ3v) is 9.38. The highest BCUT2D eigenvalue weighted by molar-refractivity contribution is 5.92. The van der Waals surface area contributed by atoms with Gasteiger partial charge in [0.05, 0.1) is 11.2 Å². The average Bonchev–Trinajstić information content (AvgIpc) is 2.64. The number of carbonyl (C=O) groups is 1. The molecule has 8 fully saturated rings. The fourth-order valence-corrected chi connectivity index (χ4v) is 9.45. The summed E-state index contributed by atoms with van der Waals surface area (Å²) >= 11 is 0. The van der Waals surface area contributed by atoms with E-state index in [0.29, 0.717) is 24.0 Å². The highest BCUT2D eigenvalue weighted by Crippen LogP contribution is 2.58. The molecule has 0 spiro atoms. The van der Waals surface area contributed by atoms with Gasteiger partial charge in [0.25, 0.3) is 5.91 Å². The summed E-state index contributed by atoms with van der Waals surface area (Å²) in [5.41, 5.74) is 5.62. The van der Waals surface area contributed by atoms with E-state index in [9.17, 15) is 15.0 Å². The fraction of sp³-hybridized carbons (Fsp3) is 0.769. The summed E-state index contributed by atoms with van der Waals surface area (Å²) < 4.78 is 0. The number of nitrogens with two attached hydrogens (primary N) is 1. The van der Waals surface area contributed by atoms with E-state index in [1.54, 1.807) is 12.3 Å². The Kier molecular flexibility index (Phi) is 4.61. The zero-order valence-electron chi connectivity index (χ0n) is 18.9. The molecule has 1 aromatic heterocycles. The van der Waals surface area contributed by atoms with E-state index in [4.69, 9.17) is 5.73 Å². The number of aromatic nitrogens is 1. The minimum Gasteiger partial charge on any atom is -0.390 e. The van der Waals surface area contributed by atoms with Gasteiger partial charge in [0.1, 0.15) is 5.69 Å². The molecular weight excluding hydrogens is 402 g/mol. The van der Waals surface area contributed by atoms with Gasteiger partial charge in [0.15, 0.2) is 0 Å². The fourth-order valence-electron chi connectivity index (χ4n) is 9.45. The lowest BCUT2D eigenvalue weighted by atomic mass is 9.51. The summed E-state index contributed by atoms with van der Waals surface area (Å²) in [4.78, 5) is 16.5. The van der Waals surface area contributed by atoms with Crippen molar-refractivity contribution in [2.24, 2.45) is 29.4 Å². The molecule has 8 bridgehead atoms. The maximum atomic E-state index is 12.4. The van der Waals surface area contributed by atoms with Gasteiger partial charge in [-0.2, -0.15) is 0 Å². The van der Waals surface area contributed by atoms with Crippen LogP contribution in [-0.4, -0.2) is 43.4 Å². The van der Waals surface area contributed by atoms with Crippen molar-refractivity contribution in [2.75, 3.05) is 0 Å². The van der Waals surface area contributed by atoms with Gasteiger partial charge in [-0.05, 0) is 113 Å². The molecule has 4 unspecified atom stereocenters. The van der Waals surface area contributed by atoms with Gasteiger partial charge in [-0.1, -0.05) is 6.07 Å². The lowest BCUT2D eigenvalue weighted by molar-refractivity contribution is -0.139. The van der Waals surface area contributed by atoms with E-state index in [1.165, 1.54) is 25.7 Å². The predicted octanol–water partition coefficient (Wildman–Crippen LogP) is 2.92. The molecule has 6 nitrogen and oxygen atoms in total. The highest BCUT2D eigenvalue weighted by atomic mass is 16.3. The Labute approximate surface area is 190 Å². The van der Waals surface area contributed by atoms with Crippen LogP contribution in [0.4, 0.5) is 0 Å². The number of aliphatic hydroxyl groups is 2. The minimum absolute atomic E-state index is 0.0127. The largest absolute Gasteiger partial charge is 0.390 e. The second kappa shape index (κ2) is 7.00. The van der Waals surface area contributed by atoms with Gasteiger partial charge < -0.3 is 21.3 Å². The van der Waals surface area contributed by atoms with Crippen molar-refractivity contribution >= 4 is 5.91 Å². The van der Waals surface area contributed by atoms with Crippen LogP contribution in [0.1, 0.15) is 87.5 Å². The molecule has 8 aliphatic rings. The molecule has 174 valence electrons. The Morgan fingerprint density at radius 3 is 1.91 bits per heavy atom. The zero-order valence-corrected chi connectivity index (χ0v) is 18.9. The maximum absolute atomic E-state index is 12.4. The molecule has 0 radical (unpaired) electrons. The van der Waals surface area contributed by atoms with E-state index in [0.717, 1.165) is 56.8 Å². The van der Waals surface area contributed by atoms with E-state index in [1.807, 2.05) is 12.1 Å². The molecule has 8 saturated carbocycles. The molecule has 1 amide bonds. The van der Waals surface area contributed by atoms with Crippen LogP contribution in [0.25, 0.3) is 0 Å². The molecule has 0 aliphatic heterocycles. The smallest absolute Gasteiger partial charge is 0.270 e. The van der Waals surface area contributed by atoms with E-state index in [2.05, 4.69) is 10.3 Å². The molecule has 0 aromatic carbocycles. The van der Waals surface area contributed by atoms with E-state index >= 15 is 0 Å². The zero-order chi connectivity index (χ0) is 22.2. The Morgan fingerprint density at radius 2 is 1.44 bits per heavy atom. The van der Waals surface area contributed by atoms with Crippen molar-refractivity contribution in [3.63, 3.8) is 0 Å². The number of nitrogens with zero attached hydrogens (tertiary/aromatic N) is 1. The number of hydrogen-bond acceptors (Lipinski definition) is 5. The number of nitrogens with one attached hydrogen (secondary N) is 1. The second-order valence-corrected chi connectivity index (χ2v) is 12.7. The SMILES string of the molecule is NC12CC3CC(C1)CC(O)(C3)C2.O=C(NC12CC3CC(CC(O)(C3)C1)C2)c1ccccn1. The van der Waals surface area contributed by atoms with Crippen molar-refractivity contribution in [1.82, 2.24) is 10.3 Å². The van der Waals surface area contributed by atoms with Gasteiger partial charge >= 0.3 is 0 Å². The Bertz CT molecular complexity index is 855. The molecule has 0 saturated heterocycles. The van der Waals surface area contributed by atoms with Gasteiger partial charge in [-0.15, -0.1) is 0 Å². The third-order valence-electron chi connectivity index (χ3n) is 9.38. The van der Waals surface area contributed by atoms with Gasteiger partial charge in [0.2, 0.25) is 0 Å². The van der Waals surface area contributed by atoms with Crippen LogP contribution in [0.15, 0.2) is 24.4 Å². The normalized spacial score (nSPS) is 49.5. The number of amides is 1. The van der Waals surface area contributed by atoms with Gasteiger partial charge in [0, 0.05) is 17.3 Å². The van der Waals surface area contributed by atoms with Crippen molar-refractivity contribution in [3.05, 3.63) is 30.1 Å². The van der Waals surface area contributed by atoms with Crippen molar-refractivity contribution in [2.45, 2.75) is 99.3 Å². The van der Waals surface area contributed by atoms with Crippen LogP contribution < -0.4 is 11.1 Å². The van der Waals surface area contributed by atoms with Crippen molar-refractivity contribution < 1.29 is 15.0 Å². The summed E-state index contributed by atoms with van der Waals surface area (Å²) in [7, 11) is 0. The Hall–Kier alpha value is -1.50. The van der Waals surface area contributed by atoms with Crippen LogP contribution in [-0.2, 0) is 0 Å². The molecular formula is C26H37N3O3. The first-order chi connectivity index (χ1) is 15.1. The number of pyridine rings is 1. The van der Waals surface area contributed by atoms with Crippen LogP contribution >= 0.6 is 0 Å². The third kappa shape index (κ3) is 3.78. The van der Waals surface area contributed by atoms with Crippen LogP contribution in [0.5, 0.6) is 0 Å². The Balaban J connectivity index is 0.000000138. The van der Waals surface area contributed by atoms with E-state index in [-0.39, 0.29) is 22.6 Å². The van der Waals surface area contributed by atoms with Crippen molar-refractivity contribution in [1.29, 1.82) is 0 Å². The summed E-state index contributed by atoms with van der Waals surface area (Å²) in [6, 6.07) is 5.38. The molecule has 32 heavy (non-hydrogen) atoms. The quantitative estimate of drug-likeness (QED) is 0.567. The average molecular weight is 440 g/mol. The monoisotopic (exact) mass is 439 g/mol. The first-order valence-electron chi connectivity index (χ1n) is 12.6. The molecule has 6 heteroatoms. The highest BCUT2D eigenvalue weighted by Gasteiger charge is 2.58. The molecule has 5 N–H and O–H groups in total. The summed E-state index contributed by atoms with van der Waals surface area (Å²) in [5.74, 6) is 2.52. The maximum Gasteiger partial charge on any atom is 0.270 e. The first kappa shape index (κ1) is 21.1. The molecule has 8 aliphatic carbocycles. The first-order valence-corrected chi connectivity index (χ1v) is 12.6. The van der Waals surface area contributed by atoms with Crippen molar-refractivity contribution in [3.8, 4) is 0 Å². The number of hydrogen-bond donors (Lipinski definition) is 4. The lowest BCUT2D eigenvalue weighted by Gasteiger charge is -2.60. The van der Waals surface area contributed by atoms with Gasteiger partial charge in [-0.3, -0.25) is 9.78 Å². The number of carbonyl (C=O) groups excluding carboxylic acids is 1. The molecule has 1 heterocycles.